The molecule has 1 aliphatic heterocycles. The van der Waals surface area contributed by atoms with Crippen LogP contribution in [0.3, 0.4) is 0 Å². The lowest BCUT2D eigenvalue weighted by atomic mass is 10.1. The fourth-order valence-electron chi connectivity index (χ4n) is 4.08. The first kappa shape index (κ1) is 25.8. The molecule has 34 heavy (non-hydrogen) atoms. The standard InChI is InChI=1S/C23H34N4O6S/c1-6-31-19-14-18(15-20(32-7-2)21(19)33-8-3)23(28)26-10-9-11-27(13-12-26)34(29,30)22-16(4)24-25-17(22)5/h14-15H,6-13H2,1-5H3,(H,24,25). The summed E-state index contributed by atoms with van der Waals surface area (Å²) in [4.78, 5) is 15.3. The van der Waals surface area contributed by atoms with Crippen molar-refractivity contribution in [3.63, 3.8) is 0 Å². The number of aromatic amines is 1. The average molecular weight is 495 g/mol. The number of hydrogen-bond donors (Lipinski definition) is 1. The van der Waals surface area contributed by atoms with Gasteiger partial charge < -0.3 is 19.1 Å². The number of ether oxygens (including phenoxy) is 3. The molecular formula is C23H34N4O6S. The van der Waals surface area contributed by atoms with Crippen molar-refractivity contribution in [2.75, 3.05) is 46.0 Å². The van der Waals surface area contributed by atoms with Crippen LogP contribution in [-0.4, -0.2) is 79.7 Å². The van der Waals surface area contributed by atoms with Crippen molar-refractivity contribution in [2.24, 2.45) is 0 Å². The van der Waals surface area contributed by atoms with Gasteiger partial charge in [-0.15, -0.1) is 0 Å². The lowest BCUT2D eigenvalue weighted by Gasteiger charge is -2.23. The van der Waals surface area contributed by atoms with E-state index in [-0.39, 0.29) is 23.9 Å². The van der Waals surface area contributed by atoms with Crippen LogP contribution in [0.15, 0.2) is 17.0 Å². The lowest BCUT2D eigenvalue weighted by Crippen LogP contribution is -2.37. The Morgan fingerprint density at radius 3 is 2.12 bits per heavy atom. The lowest BCUT2D eigenvalue weighted by molar-refractivity contribution is 0.0763. The normalized spacial score (nSPS) is 15.1. The maximum Gasteiger partial charge on any atom is 0.254 e. The van der Waals surface area contributed by atoms with Gasteiger partial charge in [-0.25, -0.2) is 8.42 Å². The van der Waals surface area contributed by atoms with Gasteiger partial charge in [0.25, 0.3) is 5.91 Å². The molecular weight excluding hydrogens is 460 g/mol. The topological polar surface area (TPSA) is 114 Å². The first-order valence-electron chi connectivity index (χ1n) is 11.6. The summed E-state index contributed by atoms with van der Waals surface area (Å²) in [6.07, 6.45) is 0.522. The fraction of sp³-hybridized carbons (Fsp3) is 0.565. The molecule has 11 heteroatoms. The Kier molecular flexibility index (Phi) is 8.42. The Labute approximate surface area is 201 Å². The maximum atomic E-state index is 13.4. The number of sulfonamides is 1. The highest BCUT2D eigenvalue weighted by Gasteiger charge is 2.32. The van der Waals surface area contributed by atoms with Crippen molar-refractivity contribution in [3.05, 3.63) is 29.1 Å². The Morgan fingerprint density at radius 2 is 1.59 bits per heavy atom. The number of amides is 1. The number of benzene rings is 1. The SMILES string of the molecule is CCOc1cc(C(=O)N2CCCN(S(=O)(=O)c3c(C)n[nH]c3C)CC2)cc(OCC)c1OCC. The molecule has 0 atom stereocenters. The summed E-state index contributed by atoms with van der Waals surface area (Å²) in [7, 11) is -3.71. The summed E-state index contributed by atoms with van der Waals surface area (Å²) in [6, 6.07) is 3.33. The summed E-state index contributed by atoms with van der Waals surface area (Å²) in [5.41, 5.74) is 1.36. The van der Waals surface area contributed by atoms with Crippen LogP contribution in [0.1, 0.15) is 48.9 Å². The van der Waals surface area contributed by atoms with E-state index >= 15 is 0 Å². The van der Waals surface area contributed by atoms with Crippen molar-refractivity contribution in [1.29, 1.82) is 0 Å². The van der Waals surface area contributed by atoms with E-state index in [0.29, 0.717) is 73.5 Å². The van der Waals surface area contributed by atoms with Gasteiger partial charge in [0.1, 0.15) is 4.90 Å². The van der Waals surface area contributed by atoms with E-state index in [1.165, 1.54) is 4.31 Å². The second-order valence-corrected chi connectivity index (χ2v) is 9.79. The zero-order valence-corrected chi connectivity index (χ0v) is 21.3. The number of carbonyl (C=O) groups excluding carboxylic acids is 1. The van der Waals surface area contributed by atoms with E-state index in [2.05, 4.69) is 10.2 Å². The first-order valence-corrected chi connectivity index (χ1v) is 13.1. The molecule has 1 aromatic carbocycles. The van der Waals surface area contributed by atoms with E-state index < -0.39 is 10.0 Å². The zero-order valence-electron chi connectivity index (χ0n) is 20.5. The van der Waals surface area contributed by atoms with Crippen molar-refractivity contribution in [2.45, 2.75) is 45.9 Å². The highest BCUT2D eigenvalue weighted by Crippen LogP contribution is 2.39. The number of rotatable bonds is 9. The molecule has 1 N–H and O–H groups in total. The number of aryl methyl sites for hydroxylation is 2. The van der Waals surface area contributed by atoms with Gasteiger partial charge in [-0.2, -0.15) is 9.40 Å². The van der Waals surface area contributed by atoms with Crippen LogP contribution in [-0.2, 0) is 10.0 Å². The Morgan fingerprint density at radius 1 is 0.971 bits per heavy atom. The predicted octanol–water partition coefficient (Wildman–Crippen LogP) is 2.76. The molecule has 1 aliphatic rings. The molecule has 1 fully saturated rings. The van der Waals surface area contributed by atoms with Crippen molar-refractivity contribution < 1.29 is 27.4 Å². The molecule has 1 amide bonds. The highest BCUT2D eigenvalue weighted by atomic mass is 32.2. The predicted molar refractivity (Wildman–Crippen MR) is 127 cm³/mol. The smallest absolute Gasteiger partial charge is 0.254 e. The minimum Gasteiger partial charge on any atom is -0.490 e. The van der Waals surface area contributed by atoms with E-state index in [1.54, 1.807) is 30.9 Å². The zero-order chi connectivity index (χ0) is 24.9. The van der Waals surface area contributed by atoms with E-state index in [4.69, 9.17) is 14.2 Å². The molecule has 2 heterocycles. The van der Waals surface area contributed by atoms with E-state index in [1.807, 2.05) is 20.8 Å². The van der Waals surface area contributed by atoms with Gasteiger partial charge in [-0.3, -0.25) is 9.89 Å². The summed E-state index contributed by atoms with van der Waals surface area (Å²) in [5, 5.41) is 6.76. The quantitative estimate of drug-likeness (QED) is 0.570. The molecule has 0 saturated carbocycles. The molecule has 0 aliphatic carbocycles. The maximum absolute atomic E-state index is 13.4. The molecule has 0 radical (unpaired) electrons. The monoisotopic (exact) mass is 494 g/mol. The molecule has 0 bridgehead atoms. The van der Waals surface area contributed by atoms with Crippen LogP contribution in [0.2, 0.25) is 0 Å². The molecule has 0 unspecified atom stereocenters. The Bertz CT molecular complexity index is 1070. The minimum absolute atomic E-state index is 0.200. The second kappa shape index (κ2) is 11.1. The van der Waals surface area contributed by atoms with Crippen LogP contribution >= 0.6 is 0 Å². The first-order chi connectivity index (χ1) is 16.2. The highest BCUT2D eigenvalue weighted by molar-refractivity contribution is 7.89. The molecule has 10 nitrogen and oxygen atoms in total. The summed E-state index contributed by atoms with van der Waals surface area (Å²) in [5.74, 6) is 1.16. The third kappa shape index (κ3) is 5.30. The van der Waals surface area contributed by atoms with Gasteiger partial charge in [0, 0.05) is 31.7 Å². The number of nitrogens with zero attached hydrogens (tertiary/aromatic N) is 3. The average Bonchev–Trinajstić information content (AvgIpc) is 2.99. The molecule has 2 aromatic rings. The van der Waals surface area contributed by atoms with Gasteiger partial charge in [0.2, 0.25) is 15.8 Å². The summed E-state index contributed by atoms with van der Waals surface area (Å²) in [6.45, 7) is 11.4. The van der Waals surface area contributed by atoms with E-state index in [9.17, 15) is 13.2 Å². The summed E-state index contributed by atoms with van der Waals surface area (Å²) >= 11 is 0. The van der Waals surface area contributed by atoms with E-state index in [0.717, 1.165) is 0 Å². The summed E-state index contributed by atoms with van der Waals surface area (Å²) < 4.78 is 45.1. The van der Waals surface area contributed by atoms with Crippen molar-refractivity contribution in [1.82, 2.24) is 19.4 Å². The van der Waals surface area contributed by atoms with Crippen molar-refractivity contribution in [3.8, 4) is 17.2 Å². The van der Waals surface area contributed by atoms with Crippen molar-refractivity contribution >= 4 is 15.9 Å². The molecule has 1 saturated heterocycles. The molecule has 1 aromatic heterocycles. The van der Waals surface area contributed by atoms with Gasteiger partial charge in [0.15, 0.2) is 11.5 Å². The number of nitrogens with one attached hydrogen (secondary N) is 1. The van der Waals surface area contributed by atoms with Gasteiger partial charge in [-0.05, 0) is 53.2 Å². The molecule has 3 rings (SSSR count). The van der Waals surface area contributed by atoms with Crippen LogP contribution in [0.4, 0.5) is 0 Å². The molecule has 0 spiro atoms. The van der Waals surface area contributed by atoms with Crippen LogP contribution in [0.25, 0.3) is 0 Å². The third-order valence-electron chi connectivity index (χ3n) is 5.56. The number of H-pyrrole nitrogens is 1. The van der Waals surface area contributed by atoms with Crippen LogP contribution in [0, 0.1) is 13.8 Å². The number of carbonyl (C=O) groups is 1. The Balaban J connectivity index is 1.84. The van der Waals surface area contributed by atoms with Gasteiger partial charge in [0.05, 0.1) is 31.2 Å². The largest absolute Gasteiger partial charge is 0.490 e. The number of aromatic nitrogens is 2. The Hall–Kier alpha value is -2.79. The fourth-order valence-corrected chi connectivity index (χ4v) is 5.88. The second-order valence-electron chi connectivity index (χ2n) is 7.91. The molecule has 188 valence electrons. The van der Waals surface area contributed by atoms with Gasteiger partial charge >= 0.3 is 0 Å². The van der Waals surface area contributed by atoms with Crippen LogP contribution < -0.4 is 14.2 Å². The van der Waals surface area contributed by atoms with Crippen LogP contribution in [0.5, 0.6) is 17.2 Å². The third-order valence-corrected chi connectivity index (χ3v) is 7.72. The number of hydrogen-bond acceptors (Lipinski definition) is 7. The van der Waals surface area contributed by atoms with Gasteiger partial charge in [-0.1, -0.05) is 0 Å². The minimum atomic E-state index is -3.71.